The molecule has 3 rings (SSSR count). The number of carboxylic acids is 1. The lowest BCUT2D eigenvalue weighted by Gasteiger charge is -2.14. The Balaban J connectivity index is 1.71. The summed E-state index contributed by atoms with van der Waals surface area (Å²) in [5.74, 6) is -1.28. The number of carbonyl (C=O) groups is 2. The van der Waals surface area contributed by atoms with Crippen LogP contribution in [0.2, 0.25) is 0 Å². The van der Waals surface area contributed by atoms with Crippen molar-refractivity contribution in [2.45, 2.75) is 26.4 Å². The Hall–Kier alpha value is -3.60. The van der Waals surface area contributed by atoms with Crippen LogP contribution in [0.5, 0.6) is 11.5 Å². The molecular formula is C24H21O5-. The third kappa shape index (κ3) is 5.69. The van der Waals surface area contributed by atoms with Crippen LogP contribution in [0.4, 0.5) is 0 Å². The van der Waals surface area contributed by atoms with E-state index >= 15 is 0 Å². The van der Waals surface area contributed by atoms with Crippen LogP contribution in [-0.2, 0) is 24.2 Å². The number of carboxylic acid groups (broad SMARTS) is 1. The zero-order chi connectivity index (χ0) is 20.6. The zero-order valence-electron chi connectivity index (χ0n) is 16.1. The van der Waals surface area contributed by atoms with E-state index in [1.807, 2.05) is 42.5 Å². The van der Waals surface area contributed by atoms with Crippen molar-refractivity contribution in [1.82, 2.24) is 0 Å². The van der Waals surface area contributed by atoms with Crippen LogP contribution in [-0.4, -0.2) is 11.9 Å². The first-order valence-electron chi connectivity index (χ1n) is 9.30. The molecule has 0 aliphatic carbocycles. The number of hydrogen-bond donors (Lipinski definition) is 0. The van der Waals surface area contributed by atoms with Gasteiger partial charge in [0, 0.05) is 12.5 Å². The van der Waals surface area contributed by atoms with Crippen molar-refractivity contribution in [3.63, 3.8) is 0 Å². The topological polar surface area (TPSA) is 75.7 Å². The largest absolute Gasteiger partial charge is 0.545 e. The number of benzene rings is 3. The molecule has 0 atom stereocenters. The summed E-state index contributed by atoms with van der Waals surface area (Å²) >= 11 is 0. The highest BCUT2D eigenvalue weighted by Crippen LogP contribution is 2.24. The van der Waals surface area contributed by atoms with E-state index in [2.05, 4.69) is 12.1 Å². The molecule has 148 valence electrons. The third-order valence-corrected chi connectivity index (χ3v) is 4.41. The number of ether oxygens (including phenoxy) is 2. The van der Waals surface area contributed by atoms with Gasteiger partial charge in [0.1, 0.15) is 18.1 Å². The molecule has 0 saturated heterocycles. The Kier molecular flexibility index (Phi) is 6.63. The molecule has 0 amide bonds. The van der Waals surface area contributed by atoms with E-state index in [4.69, 9.17) is 9.47 Å². The molecule has 0 spiro atoms. The monoisotopic (exact) mass is 389 g/mol. The normalized spacial score (nSPS) is 10.4. The molecule has 3 aromatic rings. The minimum Gasteiger partial charge on any atom is -0.545 e. The maximum absolute atomic E-state index is 11.2. The quantitative estimate of drug-likeness (QED) is 0.436. The SMILES string of the molecule is CC(=O)Oc1cc(COc2ccccc2CCc2ccccc2)ccc1C(=O)[O-]. The van der Waals surface area contributed by atoms with Crippen LogP contribution in [0.3, 0.4) is 0 Å². The summed E-state index contributed by atoms with van der Waals surface area (Å²) in [7, 11) is 0. The molecule has 0 fully saturated rings. The molecule has 3 aromatic carbocycles. The molecule has 0 heterocycles. The van der Waals surface area contributed by atoms with E-state index in [9.17, 15) is 14.7 Å². The van der Waals surface area contributed by atoms with E-state index in [-0.39, 0.29) is 17.9 Å². The lowest BCUT2D eigenvalue weighted by molar-refractivity contribution is -0.255. The maximum Gasteiger partial charge on any atom is 0.308 e. The molecule has 0 unspecified atom stereocenters. The number of para-hydroxylation sites is 1. The molecule has 0 aromatic heterocycles. The minimum atomic E-state index is -1.40. The first kappa shape index (κ1) is 20.1. The van der Waals surface area contributed by atoms with Crippen LogP contribution in [0.15, 0.2) is 72.8 Å². The number of esters is 1. The Bertz CT molecular complexity index is 995. The van der Waals surface area contributed by atoms with Crippen molar-refractivity contribution in [2.24, 2.45) is 0 Å². The van der Waals surface area contributed by atoms with Gasteiger partial charge in [-0.2, -0.15) is 0 Å². The molecular weight excluding hydrogens is 368 g/mol. The van der Waals surface area contributed by atoms with E-state index in [1.165, 1.54) is 24.6 Å². The third-order valence-electron chi connectivity index (χ3n) is 4.41. The van der Waals surface area contributed by atoms with Gasteiger partial charge in [-0.1, -0.05) is 54.6 Å². The molecule has 29 heavy (non-hydrogen) atoms. The highest BCUT2D eigenvalue weighted by molar-refractivity contribution is 5.90. The van der Waals surface area contributed by atoms with E-state index < -0.39 is 11.9 Å². The number of aromatic carboxylic acids is 1. The Labute approximate surface area is 169 Å². The second-order valence-electron chi connectivity index (χ2n) is 6.59. The summed E-state index contributed by atoms with van der Waals surface area (Å²) in [6.45, 7) is 1.43. The van der Waals surface area contributed by atoms with Gasteiger partial charge >= 0.3 is 5.97 Å². The number of rotatable bonds is 8. The molecule has 0 bridgehead atoms. The number of aryl methyl sites for hydroxylation is 2. The maximum atomic E-state index is 11.2. The average molecular weight is 389 g/mol. The summed E-state index contributed by atoms with van der Waals surface area (Å²) < 4.78 is 11.0. The van der Waals surface area contributed by atoms with Gasteiger partial charge in [0.25, 0.3) is 0 Å². The standard InChI is InChI=1S/C24H22O5/c1-17(25)29-23-15-19(12-14-21(23)24(26)27)16-28-22-10-6-5-9-20(22)13-11-18-7-3-2-4-8-18/h2-10,12,14-15H,11,13,16H2,1H3,(H,26,27)/p-1. The summed E-state index contributed by atoms with van der Waals surface area (Å²) in [6.07, 6.45) is 1.74. The second kappa shape index (κ2) is 9.55. The van der Waals surface area contributed by atoms with Crippen molar-refractivity contribution in [3.8, 4) is 11.5 Å². The van der Waals surface area contributed by atoms with Gasteiger partial charge < -0.3 is 19.4 Å². The van der Waals surface area contributed by atoms with Crippen molar-refractivity contribution in [3.05, 3.63) is 95.1 Å². The fourth-order valence-electron chi connectivity index (χ4n) is 3.00. The Morgan fingerprint density at radius 2 is 1.55 bits per heavy atom. The predicted molar refractivity (Wildman–Crippen MR) is 107 cm³/mol. The second-order valence-corrected chi connectivity index (χ2v) is 6.59. The smallest absolute Gasteiger partial charge is 0.308 e. The molecule has 0 aliphatic rings. The van der Waals surface area contributed by atoms with Crippen molar-refractivity contribution in [2.75, 3.05) is 0 Å². The highest BCUT2D eigenvalue weighted by Gasteiger charge is 2.10. The summed E-state index contributed by atoms with van der Waals surface area (Å²) in [5.41, 5.74) is 2.85. The Morgan fingerprint density at radius 1 is 0.828 bits per heavy atom. The van der Waals surface area contributed by atoms with E-state index in [0.29, 0.717) is 5.56 Å². The minimum absolute atomic E-state index is 0.0454. The lowest BCUT2D eigenvalue weighted by Crippen LogP contribution is -2.23. The van der Waals surface area contributed by atoms with E-state index in [1.54, 1.807) is 6.07 Å². The van der Waals surface area contributed by atoms with Crippen molar-refractivity contribution in [1.29, 1.82) is 0 Å². The van der Waals surface area contributed by atoms with Crippen LogP contribution in [0, 0.1) is 0 Å². The summed E-state index contributed by atoms with van der Waals surface area (Å²) in [4.78, 5) is 22.4. The van der Waals surface area contributed by atoms with Gasteiger partial charge in [0.2, 0.25) is 0 Å². The fourth-order valence-corrected chi connectivity index (χ4v) is 3.00. The van der Waals surface area contributed by atoms with Gasteiger partial charge in [0.05, 0.1) is 5.97 Å². The highest BCUT2D eigenvalue weighted by atomic mass is 16.5. The number of carbonyl (C=O) groups excluding carboxylic acids is 2. The predicted octanol–water partition coefficient (Wildman–Crippen LogP) is 3.34. The van der Waals surface area contributed by atoms with Crippen molar-refractivity contribution >= 4 is 11.9 Å². The van der Waals surface area contributed by atoms with Crippen LogP contribution in [0.25, 0.3) is 0 Å². The van der Waals surface area contributed by atoms with Gasteiger partial charge in [-0.15, -0.1) is 0 Å². The van der Waals surface area contributed by atoms with Gasteiger partial charge in [-0.3, -0.25) is 4.79 Å². The number of hydrogen-bond acceptors (Lipinski definition) is 5. The van der Waals surface area contributed by atoms with Gasteiger partial charge in [-0.25, -0.2) is 0 Å². The first-order valence-corrected chi connectivity index (χ1v) is 9.30. The zero-order valence-corrected chi connectivity index (χ0v) is 16.1. The van der Waals surface area contributed by atoms with Gasteiger partial charge in [-0.05, 0) is 47.7 Å². The molecule has 0 radical (unpaired) electrons. The lowest BCUT2D eigenvalue weighted by atomic mass is 10.0. The summed E-state index contributed by atoms with van der Waals surface area (Å²) in [5, 5.41) is 11.2. The molecule has 0 saturated carbocycles. The summed E-state index contributed by atoms with van der Waals surface area (Å²) in [6, 6.07) is 22.5. The molecule has 5 heteroatoms. The molecule has 0 N–H and O–H groups in total. The van der Waals surface area contributed by atoms with Crippen LogP contribution in [0.1, 0.15) is 34.0 Å². The fraction of sp³-hybridized carbons (Fsp3) is 0.167. The van der Waals surface area contributed by atoms with Gasteiger partial charge in [0.15, 0.2) is 0 Å². The van der Waals surface area contributed by atoms with Crippen LogP contribution >= 0.6 is 0 Å². The molecule has 0 aliphatic heterocycles. The van der Waals surface area contributed by atoms with E-state index in [0.717, 1.165) is 24.2 Å². The Morgan fingerprint density at radius 3 is 2.28 bits per heavy atom. The average Bonchev–Trinajstić information content (AvgIpc) is 2.71. The first-order chi connectivity index (χ1) is 14.0. The molecule has 5 nitrogen and oxygen atoms in total. The van der Waals surface area contributed by atoms with Crippen LogP contribution < -0.4 is 14.6 Å². The van der Waals surface area contributed by atoms with Crippen molar-refractivity contribution < 1.29 is 24.2 Å².